The van der Waals surface area contributed by atoms with Gasteiger partial charge in [-0.3, -0.25) is 9.20 Å². The number of aromatic nitrogens is 2. The van der Waals surface area contributed by atoms with Gasteiger partial charge in [0.05, 0.1) is 5.56 Å². The molecule has 9 heteroatoms. The van der Waals surface area contributed by atoms with E-state index in [1.54, 1.807) is 0 Å². The molecule has 32 heavy (non-hydrogen) atoms. The number of hydrogen-bond acceptors (Lipinski definition) is 5. The molecule has 4 rings (SSSR count). The normalized spacial score (nSPS) is 11.0. The van der Waals surface area contributed by atoms with Crippen LogP contribution in [0.5, 0.6) is 11.5 Å². The van der Waals surface area contributed by atoms with Gasteiger partial charge in [-0.2, -0.15) is 0 Å². The van der Waals surface area contributed by atoms with Crippen molar-refractivity contribution in [1.29, 1.82) is 0 Å². The van der Waals surface area contributed by atoms with Crippen LogP contribution in [-0.4, -0.2) is 27.0 Å². The Morgan fingerprint density at radius 2 is 1.88 bits per heavy atom. The fourth-order valence-corrected chi connectivity index (χ4v) is 3.52. The number of aromatic hydroxyl groups is 1. The Hall–Kier alpha value is -4.14. The van der Waals surface area contributed by atoms with Gasteiger partial charge in [0, 0.05) is 18.0 Å². The SMILES string of the molecule is Cc1cccc(C)c1Nc1c(-c2c(O)cccc2OCC(N)=O)nc2c(F)cc(F)cn12. The molecule has 0 saturated heterocycles. The molecule has 0 radical (unpaired) electrons. The molecule has 0 aliphatic heterocycles. The second-order valence-corrected chi connectivity index (χ2v) is 7.31. The smallest absolute Gasteiger partial charge is 0.255 e. The van der Waals surface area contributed by atoms with E-state index >= 15 is 0 Å². The number of fused-ring (bicyclic) bond motifs is 1. The van der Waals surface area contributed by atoms with Gasteiger partial charge >= 0.3 is 0 Å². The molecule has 0 fully saturated rings. The number of halogens is 2. The molecule has 0 saturated carbocycles. The Bertz CT molecular complexity index is 1330. The van der Waals surface area contributed by atoms with Crippen LogP contribution in [0.2, 0.25) is 0 Å². The molecule has 7 nitrogen and oxygen atoms in total. The van der Waals surface area contributed by atoms with Crippen molar-refractivity contribution >= 4 is 23.1 Å². The van der Waals surface area contributed by atoms with Gasteiger partial charge < -0.3 is 20.9 Å². The van der Waals surface area contributed by atoms with Crippen molar-refractivity contribution in [2.24, 2.45) is 5.73 Å². The first-order valence-electron chi connectivity index (χ1n) is 9.70. The highest BCUT2D eigenvalue weighted by atomic mass is 19.1. The molecule has 2 aromatic carbocycles. The predicted molar refractivity (Wildman–Crippen MR) is 116 cm³/mol. The van der Waals surface area contributed by atoms with Crippen LogP contribution < -0.4 is 15.8 Å². The summed E-state index contributed by atoms with van der Waals surface area (Å²) < 4.78 is 35.4. The van der Waals surface area contributed by atoms with Crippen LogP contribution in [0.4, 0.5) is 20.3 Å². The molecular formula is C23H20F2N4O3. The topological polar surface area (TPSA) is 102 Å². The molecule has 164 valence electrons. The summed E-state index contributed by atoms with van der Waals surface area (Å²) >= 11 is 0. The minimum absolute atomic E-state index is 0.103. The maximum Gasteiger partial charge on any atom is 0.255 e. The maximum atomic E-state index is 14.6. The van der Waals surface area contributed by atoms with Crippen molar-refractivity contribution in [2.45, 2.75) is 13.8 Å². The Balaban J connectivity index is 2.00. The molecule has 0 bridgehead atoms. The number of amides is 1. The lowest BCUT2D eigenvalue weighted by atomic mass is 10.1. The number of anilines is 2. The van der Waals surface area contributed by atoms with Gasteiger partial charge in [0.1, 0.15) is 28.8 Å². The van der Waals surface area contributed by atoms with E-state index in [4.69, 9.17) is 10.5 Å². The van der Waals surface area contributed by atoms with Crippen molar-refractivity contribution in [3.05, 3.63) is 71.4 Å². The highest BCUT2D eigenvalue weighted by molar-refractivity contribution is 5.87. The van der Waals surface area contributed by atoms with E-state index in [9.17, 15) is 18.7 Å². The van der Waals surface area contributed by atoms with E-state index in [0.29, 0.717) is 0 Å². The number of para-hydroxylation sites is 1. The number of rotatable bonds is 6. The molecule has 0 spiro atoms. The van der Waals surface area contributed by atoms with E-state index < -0.39 is 24.1 Å². The molecule has 4 aromatic rings. The van der Waals surface area contributed by atoms with Gasteiger partial charge in [-0.1, -0.05) is 24.3 Å². The van der Waals surface area contributed by atoms with Crippen LogP contribution in [-0.2, 0) is 4.79 Å². The number of pyridine rings is 1. The number of nitrogens with two attached hydrogens (primary N) is 1. The lowest BCUT2D eigenvalue weighted by molar-refractivity contribution is -0.119. The third-order valence-electron chi connectivity index (χ3n) is 4.98. The fraction of sp³-hybridized carbons (Fsp3) is 0.130. The zero-order chi connectivity index (χ0) is 23.0. The lowest BCUT2D eigenvalue weighted by Crippen LogP contribution is -2.20. The summed E-state index contributed by atoms with van der Waals surface area (Å²) in [6.07, 6.45) is 1.09. The molecule has 2 aromatic heterocycles. The third-order valence-corrected chi connectivity index (χ3v) is 4.98. The van der Waals surface area contributed by atoms with Crippen LogP contribution in [0, 0.1) is 25.5 Å². The number of carbonyl (C=O) groups is 1. The Kier molecular flexibility index (Phi) is 5.40. The number of imidazole rings is 1. The summed E-state index contributed by atoms with van der Waals surface area (Å²) in [5.74, 6) is -2.29. The highest BCUT2D eigenvalue weighted by Gasteiger charge is 2.24. The molecule has 4 N–H and O–H groups in total. The van der Waals surface area contributed by atoms with E-state index in [0.717, 1.165) is 29.1 Å². The summed E-state index contributed by atoms with van der Waals surface area (Å²) in [6, 6.07) is 10.8. The summed E-state index contributed by atoms with van der Waals surface area (Å²) in [5.41, 5.74) is 7.74. The Morgan fingerprint density at radius 3 is 2.56 bits per heavy atom. The van der Waals surface area contributed by atoms with Crippen LogP contribution in [0.1, 0.15) is 11.1 Å². The lowest BCUT2D eigenvalue weighted by Gasteiger charge is -2.16. The molecule has 0 aliphatic rings. The monoisotopic (exact) mass is 438 g/mol. The van der Waals surface area contributed by atoms with Gasteiger partial charge in [-0.15, -0.1) is 0 Å². The van der Waals surface area contributed by atoms with Crippen molar-refractivity contribution in [2.75, 3.05) is 11.9 Å². The van der Waals surface area contributed by atoms with Crippen LogP contribution in [0.3, 0.4) is 0 Å². The quantitative estimate of drug-likeness (QED) is 0.419. The third kappa shape index (κ3) is 3.80. The molecule has 0 unspecified atom stereocenters. The number of hydrogen-bond donors (Lipinski definition) is 3. The molecule has 2 heterocycles. The number of nitrogens with one attached hydrogen (secondary N) is 1. The fourth-order valence-electron chi connectivity index (χ4n) is 3.52. The van der Waals surface area contributed by atoms with E-state index in [2.05, 4.69) is 10.3 Å². The first-order chi connectivity index (χ1) is 15.3. The van der Waals surface area contributed by atoms with Gasteiger partial charge in [0.15, 0.2) is 18.1 Å². The molecule has 0 aliphatic carbocycles. The second-order valence-electron chi connectivity index (χ2n) is 7.31. The van der Waals surface area contributed by atoms with Gasteiger partial charge in [-0.05, 0) is 37.1 Å². The number of aryl methyl sites for hydroxylation is 2. The standard InChI is InChI=1S/C23H20F2N4O3/c1-12-5-3-6-13(2)20(12)27-23-21(28-22-15(25)9-14(24)10-29(22)23)19-16(30)7-4-8-17(19)32-11-18(26)31/h3-10,27,30H,11H2,1-2H3,(H2,26,31). The minimum Gasteiger partial charge on any atom is -0.507 e. The number of benzene rings is 2. The number of ether oxygens (including phenoxy) is 1. The number of carbonyl (C=O) groups excluding carboxylic acids is 1. The van der Waals surface area contributed by atoms with E-state index in [1.807, 2.05) is 32.0 Å². The number of primary amides is 1. The Morgan fingerprint density at radius 1 is 1.19 bits per heavy atom. The van der Waals surface area contributed by atoms with Crippen LogP contribution in [0.25, 0.3) is 16.9 Å². The highest BCUT2D eigenvalue weighted by Crippen LogP contribution is 2.43. The number of phenolic OH excluding ortho intramolecular Hbond substituents is 1. The van der Waals surface area contributed by atoms with E-state index in [-0.39, 0.29) is 34.2 Å². The second kappa shape index (κ2) is 8.18. The largest absolute Gasteiger partial charge is 0.507 e. The first kappa shape index (κ1) is 21.1. The van der Waals surface area contributed by atoms with E-state index in [1.165, 1.54) is 22.6 Å². The van der Waals surface area contributed by atoms with Crippen molar-refractivity contribution in [3.63, 3.8) is 0 Å². The zero-order valence-electron chi connectivity index (χ0n) is 17.3. The molecule has 1 amide bonds. The Labute approximate surface area is 182 Å². The summed E-state index contributed by atoms with van der Waals surface area (Å²) in [5, 5.41) is 13.8. The van der Waals surface area contributed by atoms with Gasteiger partial charge in [0.25, 0.3) is 5.91 Å². The summed E-state index contributed by atoms with van der Waals surface area (Å²) in [6.45, 7) is 3.34. The van der Waals surface area contributed by atoms with Crippen LogP contribution >= 0.6 is 0 Å². The average molecular weight is 438 g/mol. The van der Waals surface area contributed by atoms with Crippen molar-refractivity contribution < 1.29 is 23.4 Å². The predicted octanol–water partition coefficient (Wildman–Crippen LogP) is 4.21. The zero-order valence-corrected chi connectivity index (χ0v) is 17.3. The average Bonchev–Trinajstić information content (AvgIpc) is 3.07. The first-order valence-corrected chi connectivity index (χ1v) is 9.70. The molecule has 0 atom stereocenters. The molecular weight excluding hydrogens is 418 g/mol. The number of nitrogens with zero attached hydrogens (tertiary/aromatic N) is 2. The summed E-state index contributed by atoms with van der Waals surface area (Å²) in [4.78, 5) is 15.6. The minimum atomic E-state index is -0.879. The summed E-state index contributed by atoms with van der Waals surface area (Å²) in [7, 11) is 0. The number of phenols is 1. The maximum absolute atomic E-state index is 14.6. The van der Waals surface area contributed by atoms with Crippen molar-refractivity contribution in [3.8, 4) is 22.8 Å². The van der Waals surface area contributed by atoms with Gasteiger partial charge in [0.2, 0.25) is 0 Å². The van der Waals surface area contributed by atoms with Crippen molar-refractivity contribution in [1.82, 2.24) is 9.38 Å². The van der Waals surface area contributed by atoms with Crippen LogP contribution in [0.15, 0.2) is 48.7 Å². The van der Waals surface area contributed by atoms with Gasteiger partial charge in [-0.25, -0.2) is 13.8 Å².